The molecule has 1 aliphatic heterocycles. The van der Waals surface area contributed by atoms with Crippen LogP contribution < -0.4 is 0 Å². The summed E-state index contributed by atoms with van der Waals surface area (Å²) < 4.78 is 11.0. The number of hydrogen-bond acceptors (Lipinski definition) is 5. The monoisotopic (exact) mass is 301 g/mol. The molecule has 0 N–H and O–H groups in total. The second-order valence-corrected chi connectivity index (χ2v) is 5.40. The molecule has 2 aromatic rings. The smallest absolute Gasteiger partial charge is 0.276 e. The maximum Gasteiger partial charge on any atom is 0.276 e. The number of carbonyl (C=O) groups excluding carboxylic acids is 1. The molecule has 0 spiro atoms. The predicted molar refractivity (Wildman–Crippen MR) is 79.2 cm³/mol. The highest BCUT2D eigenvalue weighted by Crippen LogP contribution is 2.18. The number of aryl methyl sites for hydroxylation is 1. The molecule has 1 amide bonds. The van der Waals surface area contributed by atoms with Gasteiger partial charge in [0.2, 0.25) is 0 Å². The van der Waals surface area contributed by atoms with Crippen LogP contribution in [0.15, 0.2) is 35.2 Å². The quantitative estimate of drug-likeness (QED) is 0.866. The molecular formula is C16H19N3O3. The van der Waals surface area contributed by atoms with Crippen molar-refractivity contribution in [3.8, 4) is 0 Å². The molecule has 2 aromatic heterocycles. The van der Waals surface area contributed by atoms with E-state index in [1.54, 1.807) is 18.0 Å². The van der Waals surface area contributed by atoms with Crippen LogP contribution in [0.2, 0.25) is 0 Å². The molecular weight excluding hydrogens is 282 g/mol. The van der Waals surface area contributed by atoms with Crippen LogP contribution in [0.5, 0.6) is 0 Å². The second kappa shape index (κ2) is 6.70. The fraction of sp³-hybridized carbons (Fsp3) is 0.438. The third kappa shape index (κ3) is 3.33. The van der Waals surface area contributed by atoms with E-state index in [2.05, 4.69) is 9.97 Å². The molecule has 3 heterocycles. The number of oxazole rings is 1. The van der Waals surface area contributed by atoms with Crippen molar-refractivity contribution < 1.29 is 13.9 Å². The maximum absolute atomic E-state index is 12.4. The van der Waals surface area contributed by atoms with Gasteiger partial charge in [-0.25, -0.2) is 4.98 Å². The van der Waals surface area contributed by atoms with Crippen molar-refractivity contribution in [3.05, 3.63) is 47.9 Å². The van der Waals surface area contributed by atoms with Gasteiger partial charge in [-0.05, 0) is 31.9 Å². The lowest BCUT2D eigenvalue weighted by atomic mass is 10.1. The van der Waals surface area contributed by atoms with Crippen molar-refractivity contribution in [2.24, 2.45) is 0 Å². The van der Waals surface area contributed by atoms with Gasteiger partial charge < -0.3 is 14.1 Å². The molecule has 1 atom stereocenters. The number of nitrogens with zero attached hydrogens (tertiary/aromatic N) is 3. The number of rotatable bonds is 4. The van der Waals surface area contributed by atoms with Crippen molar-refractivity contribution in [2.75, 3.05) is 13.1 Å². The molecule has 22 heavy (non-hydrogen) atoms. The van der Waals surface area contributed by atoms with Gasteiger partial charge in [0.15, 0.2) is 12.1 Å². The number of likely N-dealkylation sites (tertiary alicyclic amines) is 1. The van der Waals surface area contributed by atoms with Gasteiger partial charge in [-0.1, -0.05) is 6.07 Å². The van der Waals surface area contributed by atoms with Crippen LogP contribution in [-0.2, 0) is 11.3 Å². The van der Waals surface area contributed by atoms with Crippen LogP contribution in [0.25, 0.3) is 0 Å². The Hall–Kier alpha value is -2.21. The average Bonchev–Trinajstić information content (AvgIpc) is 2.99. The third-order valence-corrected chi connectivity index (χ3v) is 3.81. The predicted octanol–water partition coefficient (Wildman–Crippen LogP) is 2.20. The number of carbonyl (C=O) groups is 1. The SMILES string of the molecule is Cc1ocnc1C(=O)N1CCCC(OCc2ccccn2)C1. The van der Waals surface area contributed by atoms with Crippen LogP contribution in [0.1, 0.15) is 34.8 Å². The first-order valence-electron chi connectivity index (χ1n) is 7.45. The molecule has 0 aliphatic carbocycles. The number of piperidine rings is 1. The van der Waals surface area contributed by atoms with Gasteiger partial charge in [-0.15, -0.1) is 0 Å². The molecule has 6 heteroatoms. The van der Waals surface area contributed by atoms with Crippen molar-refractivity contribution in [2.45, 2.75) is 32.5 Å². The minimum atomic E-state index is -0.0858. The van der Waals surface area contributed by atoms with E-state index in [-0.39, 0.29) is 12.0 Å². The summed E-state index contributed by atoms with van der Waals surface area (Å²) in [5.41, 5.74) is 1.30. The molecule has 0 radical (unpaired) electrons. The molecule has 1 unspecified atom stereocenters. The Morgan fingerprint density at radius 2 is 2.36 bits per heavy atom. The molecule has 1 saturated heterocycles. The van der Waals surface area contributed by atoms with Gasteiger partial charge >= 0.3 is 0 Å². The molecule has 0 saturated carbocycles. The first-order valence-corrected chi connectivity index (χ1v) is 7.45. The zero-order valence-electron chi connectivity index (χ0n) is 12.6. The van der Waals surface area contributed by atoms with Gasteiger partial charge in [-0.2, -0.15) is 0 Å². The Morgan fingerprint density at radius 3 is 3.09 bits per heavy atom. The van der Waals surface area contributed by atoms with Crippen LogP contribution in [0.3, 0.4) is 0 Å². The maximum atomic E-state index is 12.4. The molecule has 1 fully saturated rings. The Bertz CT molecular complexity index is 627. The first kappa shape index (κ1) is 14.7. The van der Waals surface area contributed by atoms with Gasteiger partial charge in [0, 0.05) is 19.3 Å². The van der Waals surface area contributed by atoms with Crippen molar-refractivity contribution in [1.29, 1.82) is 0 Å². The van der Waals surface area contributed by atoms with Crippen LogP contribution in [0.4, 0.5) is 0 Å². The Labute approximate surface area is 129 Å². The van der Waals surface area contributed by atoms with E-state index in [0.717, 1.165) is 25.1 Å². The number of hydrogen-bond donors (Lipinski definition) is 0. The number of amides is 1. The zero-order valence-corrected chi connectivity index (χ0v) is 12.6. The fourth-order valence-electron chi connectivity index (χ4n) is 2.61. The van der Waals surface area contributed by atoms with Crippen molar-refractivity contribution >= 4 is 5.91 Å². The van der Waals surface area contributed by atoms with Crippen molar-refractivity contribution in [3.63, 3.8) is 0 Å². The summed E-state index contributed by atoms with van der Waals surface area (Å²) in [5.74, 6) is 0.471. The normalized spacial score (nSPS) is 18.4. The second-order valence-electron chi connectivity index (χ2n) is 5.40. The molecule has 0 bridgehead atoms. The Kier molecular flexibility index (Phi) is 4.48. The summed E-state index contributed by atoms with van der Waals surface area (Å²) in [7, 11) is 0. The largest absolute Gasteiger partial charge is 0.448 e. The van der Waals surface area contributed by atoms with E-state index in [4.69, 9.17) is 9.15 Å². The Morgan fingerprint density at radius 1 is 1.45 bits per heavy atom. The lowest BCUT2D eigenvalue weighted by Gasteiger charge is -2.32. The zero-order chi connectivity index (χ0) is 15.4. The van der Waals surface area contributed by atoms with Gasteiger partial charge in [-0.3, -0.25) is 9.78 Å². The fourth-order valence-corrected chi connectivity index (χ4v) is 2.61. The molecule has 116 valence electrons. The average molecular weight is 301 g/mol. The third-order valence-electron chi connectivity index (χ3n) is 3.81. The first-order chi connectivity index (χ1) is 10.7. The summed E-state index contributed by atoms with van der Waals surface area (Å²) in [6.45, 7) is 3.53. The highest BCUT2D eigenvalue weighted by atomic mass is 16.5. The van der Waals surface area contributed by atoms with E-state index < -0.39 is 0 Å². The molecule has 3 rings (SSSR count). The van der Waals surface area contributed by atoms with Crippen LogP contribution >= 0.6 is 0 Å². The lowest BCUT2D eigenvalue weighted by Crippen LogP contribution is -2.43. The minimum absolute atomic E-state index is 0.0342. The number of ether oxygens (including phenoxy) is 1. The summed E-state index contributed by atoms with van der Waals surface area (Å²) >= 11 is 0. The summed E-state index contributed by atoms with van der Waals surface area (Å²) in [5, 5.41) is 0. The standard InChI is InChI=1S/C16H19N3O3/c1-12-15(18-11-22-12)16(20)19-8-4-6-14(9-19)21-10-13-5-2-3-7-17-13/h2-3,5,7,11,14H,4,6,8-10H2,1H3. The number of pyridine rings is 1. The van der Waals surface area contributed by atoms with Crippen LogP contribution in [-0.4, -0.2) is 40.0 Å². The number of aromatic nitrogens is 2. The van der Waals surface area contributed by atoms with Gasteiger partial charge in [0.05, 0.1) is 18.4 Å². The van der Waals surface area contributed by atoms with E-state index in [9.17, 15) is 4.79 Å². The van der Waals surface area contributed by atoms with E-state index >= 15 is 0 Å². The summed E-state index contributed by atoms with van der Waals surface area (Å²) in [6.07, 6.45) is 4.97. The highest BCUT2D eigenvalue weighted by Gasteiger charge is 2.27. The lowest BCUT2D eigenvalue weighted by molar-refractivity contribution is -0.00804. The van der Waals surface area contributed by atoms with E-state index in [1.807, 2.05) is 18.2 Å². The molecule has 6 nitrogen and oxygen atoms in total. The molecule has 1 aliphatic rings. The highest BCUT2D eigenvalue weighted by molar-refractivity contribution is 5.93. The minimum Gasteiger partial charge on any atom is -0.448 e. The van der Waals surface area contributed by atoms with E-state index in [0.29, 0.717) is 24.6 Å². The Balaban J connectivity index is 1.57. The van der Waals surface area contributed by atoms with E-state index in [1.165, 1.54) is 6.39 Å². The summed E-state index contributed by atoms with van der Waals surface area (Å²) in [4.78, 5) is 22.5. The van der Waals surface area contributed by atoms with Crippen molar-refractivity contribution in [1.82, 2.24) is 14.9 Å². The van der Waals surface area contributed by atoms with Gasteiger partial charge in [0.1, 0.15) is 5.76 Å². The van der Waals surface area contributed by atoms with Crippen LogP contribution in [0, 0.1) is 6.92 Å². The molecule has 0 aromatic carbocycles. The van der Waals surface area contributed by atoms with Gasteiger partial charge in [0.25, 0.3) is 5.91 Å². The topological polar surface area (TPSA) is 68.5 Å². The summed E-state index contributed by atoms with van der Waals surface area (Å²) in [6, 6.07) is 5.75.